The minimum atomic E-state index is -1.16. The van der Waals surface area contributed by atoms with Crippen LogP contribution in [0.4, 0.5) is 0 Å². The van der Waals surface area contributed by atoms with Crippen molar-refractivity contribution < 1.29 is 19.4 Å². The first kappa shape index (κ1) is 15.6. The van der Waals surface area contributed by atoms with E-state index in [1.165, 1.54) is 0 Å². The highest BCUT2D eigenvalue weighted by Gasteiger charge is 2.18. The zero-order valence-corrected chi connectivity index (χ0v) is 11.3. The summed E-state index contributed by atoms with van der Waals surface area (Å²) in [5, 5.41) is 11.2. The van der Waals surface area contributed by atoms with Crippen molar-refractivity contribution in [1.29, 1.82) is 0 Å². The van der Waals surface area contributed by atoms with Crippen molar-refractivity contribution in [3.63, 3.8) is 0 Å². The molecule has 0 spiro atoms. The molecule has 20 heavy (non-hydrogen) atoms. The molecule has 0 fully saturated rings. The first-order chi connectivity index (χ1) is 9.56. The van der Waals surface area contributed by atoms with Crippen LogP contribution in [0.2, 0.25) is 0 Å². The number of aryl methyl sites for hydroxylation is 1. The van der Waals surface area contributed by atoms with Crippen molar-refractivity contribution >= 4 is 11.9 Å². The lowest BCUT2D eigenvalue weighted by Crippen LogP contribution is -2.42. The Balaban J connectivity index is 2.50. The second kappa shape index (κ2) is 7.85. The topological polar surface area (TPSA) is 75.6 Å². The van der Waals surface area contributed by atoms with Crippen molar-refractivity contribution in [2.24, 2.45) is 0 Å². The molecular weight excluding hydrogens is 258 g/mol. The van der Waals surface area contributed by atoms with E-state index in [0.717, 1.165) is 12.0 Å². The Hall–Kier alpha value is -2.48. The molecule has 0 saturated carbocycles. The number of amides is 1. The second-order valence-corrected chi connectivity index (χ2v) is 4.16. The van der Waals surface area contributed by atoms with Gasteiger partial charge in [-0.25, -0.2) is 4.79 Å². The molecule has 2 N–H and O–H groups in total. The zero-order chi connectivity index (χ0) is 15.0. The molecule has 0 aromatic heterocycles. The predicted octanol–water partition coefficient (Wildman–Crippen LogP) is 1.22. The highest BCUT2D eigenvalue weighted by Crippen LogP contribution is 2.13. The smallest absolute Gasteiger partial charge is 0.327 e. The number of ether oxygens (including phenoxy) is 1. The minimum absolute atomic E-state index is 0.0631. The fourth-order valence-electron chi connectivity index (χ4n) is 1.56. The van der Waals surface area contributed by atoms with Gasteiger partial charge in [-0.15, -0.1) is 12.3 Å². The number of benzene rings is 1. The predicted molar refractivity (Wildman–Crippen MR) is 74.3 cm³/mol. The number of rotatable bonds is 7. The number of carbonyl (C=O) groups is 2. The van der Waals surface area contributed by atoms with Crippen LogP contribution in [0.1, 0.15) is 18.9 Å². The Bertz CT molecular complexity index is 519. The van der Waals surface area contributed by atoms with Gasteiger partial charge in [0.05, 0.1) is 0 Å². The molecule has 0 saturated heterocycles. The van der Waals surface area contributed by atoms with Gasteiger partial charge >= 0.3 is 5.97 Å². The normalized spacial score (nSPS) is 11.2. The maximum absolute atomic E-state index is 11.6. The van der Waals surface area contributed by atoms with Gasteiger partial charge in [0.25, 0.3) is 5.91 Å². The van der Waals surface area contributed by atoms with Gasteiger partial charge in [-0.1, -0.05) is 19.1 Å². The number of terminal acetylenes is 1. The fourth-order valence-corrected chi connectivity index (χ4v) is 1.56. The van der Waals surface area contributed by atoms with E-state index in [0.29, 0.717) is 5.75 Å². The number of carbonyl (C=O) groups excluding carboxylic acids is 1. The summed E-state index contributed by atoms with van der Waals surface area (Å²) in [6.45, 7) is 1.77. The molecule has 1 amide bonds. The summed E-state index contributed by atoms with van der Waals surface area (Å²) in [5.74, 6) is 1.10. The van der Waals surface area contributed by atoms with Crippen LogP contribution in [0.5, 0.6) is 5.75 Å². The molecular formula is C15H17NO4. The van der Waals surface area contributed by atoms with Crippen LogP contribution in [0.15, 0.2) is 24.3 Å². The highest BCUT2D eigenvalue weighted by atomic mass is 16.5. The van der Waals surface area contributed by atoms with Crippen molar-refractivity contribution in [2.45, 2.75) is 25.8 Å². The molecule has 0 aliphatic carbocycles. The molecule has 1 atom stereocenters. The third-order valence-electron chi connectivity index (χ3n) is 2.63. The van der Waals surface area contributed by atoms with E-state index in [4.69, 9.17) is 16.3 Å². The van der Waals surface area contributed by atoms with Gasteiger partial charge in [0.15, 0.2) is 6.61 Å². The molecule has 0 heterocycles. The van der Waals surface area contributed by atoms with Crippen molar-refractivity contribution in [3.05, 3.63) is 29.8 Å². The molecule has 0 bridgehead atoms. The summed E-state index contributed by atoms with van der Waals surface area (Å²) < 4.78 is 5.31. The average Bonchev–Trinajstić information content (AvgIpc) is 2.44. The number of carboxylic acids is 1. The van der Waals surface area contributed by atoms with Gasteiger partial charge in [0, 0.05) is 6.42 Å². The Kier molecular flexibility index (Phi) is 6.11. The summed E-state index contributed by atoms with van der Waals surface area (Å²) in [5.41, 5.74) is 1.10. The summed E-state index contributed by atoms with van der Waals surface area (Å²) in [4.78, 5) is 22.4. The molecule has 5 nitrogen and oxygen atoms in total. The van der Waals surface area contributed by atoms with E-state index in [-0.39, 0.29) is 13.0 Å². The van der Waals surface area contributed by atoms with Gasteiger partial charge in [-0.3, -0.25) is 4.79 Å². The van der Waals surface area contributed by atoms with E-state index in [1.807, 2.05) is 25.1 Å². The Morgan fingerprint density at radius 2 is 2.25 bits per heavy atom. The quantitative estimate of drug-likeness (QED) is 0.734. The SMILES string of the molecule is C#CCC(NC(=O)COc1cccc(CC)c1)C(=O)O. The summed E-state index contributed by atoms with van der Waals surface area (Å²) in [6.07, 6.45) is 5.85. The molecule has 0 aliphatic rings. The first-order valence-corrected chi connectivity index (χ1v) is 6.24. The van der Waals surface area contributed by atoms with Crippen molar-refractivity contribution in [3.8, 4) is 18.1 Å². The third-order valence-corrected chi connectivity index (χ3v) is 2.63. The number of hydrogen-bond donors (Lipinski definition) is 2. The lowest BCUT2D eigenvalue weighted by atomic mass is 10.2. The monoisotopic (exact) mass is 275 g/mol. The van der Waals surface area contributed by atoms with Crippen LogP contribution < -0.4 is 10.1 Å². The van der Waals surface area contributed by atoms with E-state index >= 15 is 0 Å². The number of nitrogens with one attached hydrogen (secondary N) is 1. The Morgan fingerprint density at radius 1 is 1.50 bits per heavy atom. The number of hydrogen-bond acceptors (Lipinski definition) is 3. The second-order valence-electron chi connectivity index (χ2n) is 4.16. The molecule has 0 aliphatic heterocycles. The van der Waals surface area contributed by atoms with Gasteiger partial charge < -0.3 is 15.2 Å². The van der Waals surface area contributed by atoms with Crippen LogP contribution >= 0.6 is 0 Å². The van der Waals surface area contributed by atoms with E-state index < -0.39 is 17.9 Å². The number of aliphatic carboxylic acids is 1. The van der Waals surface area contributed by atoms with Crippen LogP contribution in [0.3, 0.4) is 0 Å². The van der Waals surface area contributed by atoms with Crippen LogP contribution in [0, 0.1) is 12.3 Å². The largest absolute Gasteiger partial charge is 0.484 e. The molecule has 0 radical (unpaired) electrons. The maximum Gasteiger partial charge on any atom is 0.327 e. The molecule has 1 aromatic rings. The van der Waals surface area contributed by atoms with Crippen molar-refractivity contribution in [1.82, 2.24) is 5.32 Å². The highest BCUT2D eigenvalue weighted by molar-refractivity contribution is 5.84. The molecule has 106 valence electrons. The van der Waals surface area contributed by atoms with Gasteiger partial charge in [0.1, 0.15) is 11.8 Å². The summed E-state index contributed by atoms with van der Waals surface area (Å²) >= 11 is 0. The summed E-state index contributed by atoms with van der Waals surface area (Å²) in [7, 11) is 0. The van der Waals surface area contributed by atoms with E-state index in [2.05, 4.69) is 11.2 Å². The van der Waals surface area contributed by atoms with Gasteiger partial charge in [0.2, 0.25) is 0 Å². The summed E-state index contributed by atoms with van der Waals surface area (Å²) in [6, 6.07) is 6.29. The maximum atomic E-state index is 11.6. The first-order valence-electron chi connectivity index (χ1n) is 6.24. The Labute approximate surface area is 117 Å². The van der Waals surface area contributed by atoms with Crippen molar-refractivity contribution in [2.75, 3.05) is 6.61 Å². The lowest BCUT2D eigenvalue weighted by Gasteiger charge is -2.12. The molecule has 1 aromatic carbocycles. The standard InChI is InChI=1S/C15H17NO4/c1-3-6-13(15(18)19)16-14(17)10-20-12-8-5-7-11(4-2)9-12/h1,5,7-9,13H,4,6,10H2,2H3,(H,16,17)(H,18,19). The van der Waals surface area contributed by atoms with Gasteiger partial charge in [-0.2, -0.15) is 0 Å². The number of carboxylic acid groups (broad SMARTS) is 1. The fraction of sp³-hybridized carbons (Fsp3) is 0.333. The van der Waals surface area contributed by atoms with Crippen LogP contribution in [-0.2, 0) is 16.0 Å². The zero-order valence-electron chi connectivity index (χ0n) is 11.3. The molecule has 1 rings (SSSR count). The Morgan fingerprint density at radius 3 is 2.85 bits per heavy atom. The molecule has 5 heteroatoms. The van der Waals surface area contributed by atoms with E-state index in [1.54, 1.807) is 6.07 Å². The van der Waals surface area contributed by atoms with Crippen LogP contribution in [0.25, 0.3) is 0 Å². The lowest BCUT2D eigenvalue weighted by molar-refractivity contribution is -0.141. The average molecular weight is 275 g/mol. The minimum Gasteiger partial charge on any atom is -0.484 e. The third kappa shape index (κ3) is 5.02. The van der Waals surface area contributed by atoms with Gasteiger partial charge in [-0.05, 0) is 24.1 Å². The molecule has 1 unspecified atom stereocenters. The van der Waals surface area contributed by atoms with E-state index in [9.17, 15) is 9.59 Å². The van der Waals surface area contributed by atoms with Crippen LogP contribution in [-0.4, -0.2) is 29.6 Å².